The number of H-pyrrole nitrogens is 1. The van der Waals surface area contributed by atoms with Crippen molar-refractivity contribution in [2.24, 2.45) is 0 Å². The summed E-state index contributed by atoms with van der Waals surface area (Å²) < 4.78 is 11.8. The number of halogens is 1. The molecule has 2 fully saturated rings. The molecule has 132 valence electrons. The van der Waals surface area contributed by atoms with Gasteiger partial charge in [0.25, 0.3) is 0 Å². The fourth-order valence-corrected chi connectivity index (χ4v) is 3.92. The van der Waals surface area contributed by atoms with Crippen molar-refractivity contribution in [2.75, 3.05) is 26.3 Å². The Hall–Kier alpha value is -1.30. The summed E-state index contributed by atoms with van der Waals surface area (Å²) in [4.78, 5) is 2.60. The van der Waals surface area contributed by atoms with Gasteiger partial charge in [-0.2, -0.15) is 5.10 Å². The van der Waals surface area contributed by atoms with Crippen LogP contribution in [0, 0.1) is 6.92 Å². The van der Waals surface area contributed by atoms with Gasteiger partial charge in [-0.05, 0) is 44.7 Å². The number of hydrogen-bond donors (Lipinski definition) is 1. The standard InChI is InChI=1S/C18H25N3O2.ClH/c1-13-16-12-19-20-17(16)6-7-18(13)23-15-4-2-14(3-5-15)21-8-10-22-11-9-21;/h6-7,12,14-15H,2-5,8-11H2,1H3,(H,19,20);1H. The van der Waals surface area contributed by atoms with Gasteiger partial charge in [0, 0.05) is 30.1 Å². The van der Waals surface area contributed by atoms with Crippen molar-refractivity contribution in [3.8, 4) is 5.75 Å². The lowest BCUT2D eigenvalue weighted by Gasteiger charge is -2.38. The molecule has 0 amide bonds. The summed E-state index contributed by atoms with van der Waals surface area (Å²) >= 11 is 0. The Bertz CT molecular complexity index is 661. The predicted molar refractivity (Wildman–Crippen MR) is 97.1 cm³/mol. The number of rotatable bonds is 3. The second-order valence-electron chi connectivity index (χ2n) is 6.72. The molecule has 6 heteroatoms. The maximum atomic E-state index is 6.31. The molecule has 2 aromatic rings. The fourth-order valence-electron chi connectivity index (χ4n) is 3.92. The number of fused-ring (bicyclic) bond motifs is 1. The summed E-state index contributed by atoms with van der Waals surface area (Å²) in [6.45, 7) is 6.08. The zero-order valence-electron chi connectivity index (χ0n) is 14.2. The van der Waals surface area contributed by atoms with Crippen molar-refractivity contribution in [1.29, 1.82) is 0 Å². The summed E-state index contributed by atoms with van der Waals surface area (Å²) in [6.07, 6.45) is 6.98. The van der Waals surface area contributed by atoms with Gasteiger partial charge in [-0.25, -0.2) is 0 Å². The van der Waals surface area contributed by atoms with Gasteiger partial charge in [0.05, 0.1) is 31.0 Å². The van der Waals surface area contributed by atoms with Gasteiger partial charge in [-0.1, -0.05) is 0 Å². The van der Waals surface area contributed by atoms with Crippen molar-refractivity contribution in [3.63, 3.8) is 0 Å². The van der Waals surface area contributed by atoms with E-state index in [2.05, 4.69) is 34.2 Å². The van der Waals surface area contributed by atoms with Gasteiger partial charge in [0.1, 0.15) is 5.75 Å². The van der Waals surface area contributed by atoms with Crippen LogP contribution >= 0.6 is 12.4 Å². The first-order valence-corrected chi connectivity index (χ1v) is 8.72. The largest absolute Gasteiger partial charge is 0.490 e. The van der Waals surface area contributed by atoms with Crippen LogP contribution in [0.5, 0.6) is 5.75 Å². The highest BCUT2D eigenvalue weighted by Crippen LogP contribution is 2.31. The molecule has 1 aliphatic carbocycles. The zero-order valence-corrected chi connectivity index (χ0v) is 15.0. The van der Waals surface area contributed by atoms with Crippen molar-refractivity contribution in [1.82, 2.24) is 15.1 Å². The molecule has 0 atom stereocenters. The molecule has 1 aromatic carbocycles. The van der Waals surface area contributed by atoms with Crippen LogP contribution in [-0.2, 0) is 4.74 Å². The minimum absolute atomic E-state index is 0. The average molecular weight is 352 g/mol. The number of benzene rings is 1. The van der Waals surface area contributed by atoms with Crippen LogP contribution < -0.4 is 4.74 Å². The molecule has 4 rings (SSSR count). The summed E-state index contributed by atoms with van der Waals surface area (Å²) in [5.41, 5.74) is 2.26. The van der Waals surface area contributed by atoms with Gasteiger partial charge in [-0.15, -0.1) is 12.4 Å². The molecular formula is C18H26ClN3O2. The molecule has 1 aromatic heterocycles. The Morgan fingerprint density at radius 2 is 1.92 bits per heavy atom. The van der Waals surface area contributed by atoms with Crippen LogP contribution in [0.25, 0.3) is 10.9 Å². The van der Waals surface area contributed by atoms with Crippen molar-refractivity contribution < 1.29 is 9.47 Å². The maximum absolute atomic E-state index is 6.31. The quantitative estimate of drug-likeness (QED) is 0.921. The second kappa shape index (κ2) is 7.72. The van der Waals surface area contributed by atoms with E-state index in [-0.39, 0.29) is 12.4 Å². The number of aromatic nitrogens is 2. The SMILES string of the molecule is Cc1c(OC2CCC(N3CCOCC3)CC2)ccc2[nH]ncc12.Cl. The topological polar surface area (TPSA) is 50.4 Å². The Morgan fingerprint density at radius 1 is 1.17 bits per heavy atom. The van der Waals surface area contributed by atoms with E-state index in [1.807, 2.05) is 6.20 Å². The molecule has 1 N–H and O–H groups in total. The van der Waals surface area contributed by atoms with Crippen LogP contribution in [0.3, 0.4) is 0 Å². The smallest absolute Gasteiger partial charge is 0.123 e. The summed E-state index contributed by atoms with van der Waals surface area (Å²) in [6, 6.07) is 4.85. The highest BCUT2D eigenvalue weighted by molar-refractivity contribution is 5.85. The van der Waals surface area contributed by atoms with Crippen molar-refractivity contribution in [3.05, 3.63) is 23.9 Å². The summed E-state index contributed by atoms with van der Waals surface area (Å²) in [5, 5.41) is 8.28. The first kappa shape index (κ1) is 17.5. The maximum Gasteiger partial charge on any atom is 0.123 e. The Morgan fingerprint density at radius 3 is 2.67 bits per heavy atom. The van der Waals surface area contributed by atoms with Crippen molar-refractivity contribution in [2.45, 2.75) is 44.8 Å². The number of morpholine rings is 1. The highest BCUT2D eigenvalue weighted by atomic mass is 35.5. The predicted octanol–water partition coefficient (Wildman–Crippen LogP) is 3.32. The van der Waals surface area contributed by atoms with Gasteiger partial charge < -0.3 is 9.47 Å². The molecule has 24 heavy (non-hydrogen) atoms. The van der Waals surface area contributed by atoms with E-state index in [4.69, 9.17) is 9.47 Å². The van der Waals surface area contributed by atoms with Crippen LogP contribution in [0.1, 0.15) is 31.2 Å². The first-order chi connectivity index (χ1) is 11.3. The van der Waals surface area contributed by atoms with E-state index in [0.717, 1.165) is 61.8 Å². The fraction of sp³-hybridized carbons (Fsp3) is 0.611. The number of aromatic amines is 1. The van der Waals surface area contributed by atoms with Gasteiger partial charge in [-0.3, -0.25) is 10.00 Å². The molecule has 0 bridgehead atoms. The molecule has 1 aliphatic heterocycles. The van der Waals surface area contributed by atoms with Crippen LogP contribution in [-0.4, -0.2) is 53.5 Å². The first-order valence-electron chi connectivity index (χ1n) is 8.72. The van der Waals surface area contributed by atoms with Crippen LogP contribution in [0.15, 0.2) is 18.3 Å². The van der Waals surface area contributed by atoms with E-state index < -0.39 is 0 Å². The number of nitrogens with one attached hydrogen (secondary N) is 1. The molecular weight excluding hydrogens is 326 g/mol. The van der Waals surface area contributed by atoms with Crippen LogP contribution in [0.4, 0.5) is 0 Å². The minimum atomic E-state index is 0. The molecule has 2 heterocycles. The molecule has 2 aliphatic rings. The third kappa shape index (κ3) is 3.53. The van der Waals surface area contributed by atoms with Gasteiger partial charge >= 0.3 is 0 Å². The van der Waals surface area contributed by atoms with E-state index in [9.17, 15) is 0 Å². The van der Waals surface area contributed by atoms with Crippen molar-refractivity contribution >= 4 is 23.3 Å². The lowest BCUT2D eigenvalue weighted by molar-refractivity contribution is -0.00107. The van der Waals surface area contributed by atoms with Crippen LogP contribution in [0.2, 0.25) is 0 Å². The molecule has 0 radical (unpaired) electrons. The molecule has 1 saturated carbocycles. The van der Waals surface area contributed by atoms with E-state index in [1.54, 1.807) is 0 Å². The Labute approximate surface area is 149 Å². The number of aryl methyl sites for hydroxylation is 1. The lowest BCUT2D eigenvalue weighted by Crippen LogP contribution is -2.46. The summed E-state index contributed by atoms with van der Waals surface area (Å²) in [5.74, 6) is 1.01. The number of nitrogens with zero attached hydrogens (tertiary/aromatic N) is 2. The number of ether oxygens (including phenoxy) is 2. The Balaban J connectivity index is 0.00000169. The van der Waals surface area contributed by atoms with E-state index >= 15 is 0 Å². The average Bonchev–Trinajstić information content (AvgIpc) is 3.08. The van der Waals surface area contributed by atoms with E-state index in [0.29, 0.717) is 6.10 Å². The summed E-state index contributed by atoms with van der Waals surface area (Å²) in [7, 11) is 0. The highest BCUT2D eigenvalue weighted by Gasteiger charge is 2.28. The van der Waals surface area contributed by atoms with E-state index in [1.165, 1.54) is 18.4 Å². The molecule has 1 saturated heterocycles. The zero-order chi connectivity index (χ0) is 15.6. The minimum Gasteiger partial charge on any atom is -0.490 e. The number of hydrogen-bond acceptors (Lipinski definition) is 4. The monoisotopic (exact) mass is 351 g/mol. The third-order valence-electron chi connectivity index (χ3n) is 5.34. The lowest BCUT2D eigenvalue weighted by atomic mass is 9.91. The molecule has 5 nitrogen and oxygen atoms in total. The molecule has 0 spiro atoms. The second-order valence-corrected chi connectivity index (χ2v) is 6.72. The van der Waals surface area contributed by atoms with Gasteiger partial charge in [0.2, 0.25) is 0 Å². The Kier molecular flexibility index (Phi) is 5.64. The normalized spacial score (nSPS) is 25.4. The van der Waals surface area contributed by atoms with Gasteiger partial charge in [0.15, 0.2) is 0 Å². The molecule has 0 unspecified atom stereocenters. The third-order valence-corrected chi connectivity index (χ3v) is 5.34.